The average molecular weight is 495 g/mol. The highest BCUT2D eigenvalue weighted by Crippen LogP contribution is 2.47. The van der Waals surface area contributed by atoms with Crippen molar-refractivity contribution < 1.29 is 6.96 Å². The van der Waals surface area contributed by atoms with Gasteiger partial charge in [0.1, 0.15) is 13.7 Å². The van der Waals surface area contributed by atoms with E-state index in [2.05, 4.69) is 102 Å². The van der Waals surface area contributed by atoms with E-state index in [4.69, 9.17) is 6.96 Å². The van der Waals surface area contributed by atoms with Crippen LogP contribution in [0.1, 0.15) is 0 Å². The SMILES string of the molecule is [CH3][Al]([CH3])[O][Si]([Si](C)(C)C)([Si](C)(C)C)[Si]([O][Al]([CH3])[CH3])([Si](C)(C)C)[Si](C)(C)C. The second-order valence-electron chi connectivity index (χ2n) is 12.7. The maximum Gasteiger partial charge on any atom is 0.442 e. The Morgan fingerprint density at radius 1 is 0.385 bits per heavy atom. The fraction of sp³-hybridized carbons (Fsp3) is 1.00. The van der Waals surface area contributed by atoms with Crippen molar-refractivity contribution in [2.75, 3.05) is 0 Å². The van der Waals surface area contributed by atoms with Gasteiger partial charge < -0.3 is 6.96 Å². The molecule has 0 aliphatic carbocycles. The summed E-state index contributed by atoms with van der Waals surface area (Å²) in [6, 6.07) is 0. The Labute approximate surface area is 180 Å². The quantitative estimate of drug-likeness (QED) is 0.357. The first-order valence-corrected chi connectivity index (χ1v) is 38.8. The van der Waals surface area contributed by atoms with E-state index in [1.54, 1.807) is 0 Å². The van der Waals surface area contributed by atoms with E-state index in [-0.39, 0.29) is 0 Å². The molecule has 0 radical (unpaired) electrons. The highest BCUT2D eigenvalue weighted by Gasteiger charge is 2.76. The maximum atomic E-state index is 7.62. The van der Waals surface area contributed by atoms with Crippen LogP contribution >= 0.6 is 0 Å². The minimum Gasteiger partial charge on any atom is -0.550 e. The first-order valence-electron chi connectivity index (χ1n) is 10.4. The number of hydrogen-bond acceptors (Lipinski definition) is 2. The molecule has 2 nitrogen and oxygen atoms in total. The van der Waals surface area contributed by atoms with E-state index >= 15 is 0 Å². The molecule has 154 valence electrons. The van der Waals surface area contributed by atoms with Gasteiger partial charge in [0.2, 0.25) is 0 Å². The summed E-state index contributed by atoms with van der Waals surface area (Å²) in [4.78, 5) is 0. The van der Waals surface area contributed by atoms with Crippen molar-refractivity contribution in [2.45, 2.75) is 102 Å². The minimum atomic E-state index is -1.96. The van der Waals surface area contributed by atoms with Crippen LogP contribution in [-0.2, 0) is 6.96 Å². The van der Waals surface area contributed by atoms with Crippen LogP contribution in [0.2, 0.25) is 102 Å². The zero-order chi connectivity index (χ0) is 21.6. The summed E-state index contributed by atoms with van der Waals surface area (Å²) in [5.74, 6) is 9.73. The van der Waals surface area contributed by atoms with Crippen LogP contribution in [0, 0.1) is 0 Å². The monoisotopic (exact) mass is 494 g/mol. The lowest BCUT2D eigenvalue weighted by molar-refractivity contribution is 0.575. The van der Waals surface area contributed by atoms with Crippen LogP contribution in [0.3, 0.4) is 0 Å². The molecule has 0 aliphatic heterocycles. The summed E-state index contributed by atoms with van der Waals surface area (Å²) < 4.78 is 15.2. The molecule has 0 atom stereocenters. The molecule has 0 saturated heterocycles. The van der Waals surface area contributed by atoms with E-state index in [0.717, 1.165) is 0 Å². The van der Waals surface area contributed by atoms with E-state index in [1.807, 2.05) is 0 Å². The predicted molar refractivity (Wildman–Crippen MR) is 142 cm³/mol. The van der Waals surface area contributed by atoms with E-state index in [0.29, 0.717) is 0 Å². The van der Waals surface area contributed by atoms with Gasteiger partial charge in [-0.1, -0.05) is 102 Å². The molecule has 0 aliphatic rings. The van der Waals surface area contributed by atoms with Gasteiger partial charge in [-0.3, -0.25) is 0 Å². The zero-order valence-corrected chi connectivity index (χ0v) is 29.3. The molecular formula is C16H48Al2O2Si6. The van der Waals surface area contributed by atoms with Gasteiger partial charge in [0.15, 0.2) is 0 Å². The van der Waals surface area contributed by atoms with Crippen molar-refractivity contribution in [2.24, 2.45) is 0 Å². The molecule has 10 heteroatoms. The fourth-order valence-corrected chi connectivity index (χ4v) is 248. The maximum absolute atomic E-state index is 7.62. The van der Waals surface area contributed by atoms with Crippen LogP contribution < -0.4 is 0 Å². The molecule has 0 heterocycles. The molecule has 0 aromatic heterocycles. The first-order chi connectivity index (χ1) is 11.1. The topological polar surface area (TPSA) is 18.5 Å². The van der Waals surface area contributed by atoms with Crippen LogP contribution in [-0.4, -0.2) is 73.1 Å². The molecule has 0 amide bonds. The first kappa shape index (κ1) is 28.3. The summed E-state index contributed by atoms with van der Waals surface area (Å²) in [6.45, 7) is 28.1. The van der Waals surface area contributed by atoms with Gasteiger partial charge in [-0.05, 0) is 0 Å². The van der Waals surface area contributed by atoms with E-state index in [1.165, 1.54) is 0 Å². The van der Waals surface area contributed by atoms with Crippen molar-refractivity contribution in [1.29, 1.82) is 0 Å². The predicted octanol–water partition coefficient (Wildman–Crippen LogP) is 6.16. The van der Waals surface area contributed by atoms with Crippen LogP contribution in [0.5, 0.6) is 0 Å². The molecule has 0 saturated carbocycles. The molecule has 26 heavy (non-hydrogen) atoms. The van der Waals surface area contributed by atoms with Crippen LogP contribution in [0.25, 0.3) is 0 Å². The Morgan fingerprint density at radius 3 is 0.615 bits per heavy atom. The molecule has 0 spiro atoms. The molecule has 0 fully saturated rings. The van der Waals surface area contributed by atoms with Crippen molar-refractivity contribution in [3.63, 3.8) is 0 Å². The lowest BCUT2D eigenvalue weighted by atomic mass is 11.8. The molecule has 0 bridgehead atoms. The van der Waals surface area contributed by atoms with E-state index in [9.17, 15) is 0 Å². The molecule has 0 aromatic carbocycles. The van der Waals surface area contributed by atoms with Gasteiger partial charge in [-0.25, -0.2) is 0 Å². The van der Waals surface area contributed by atoms with Gasteiger partial charge in [-0.15, -0.1) is 0 Å². The summed E-state index contributed by atoms with van der Waals surface area (Å²) in [7, 11) is -6.06. The summed E-state index contributed by atoms with van der Waals surface area (Å²) in [6.07, 6.45) is 0. The van der Waals surface area contributed by atoms with Gasteiger partial charge in [0.05, 0.1) is 30.4 Å². The van der Waals surface area contributed by atoms with Gasteiger partial charge in [0.25, 0.3) is 0 Å². The van der Waals surface area contributed by atoms with Gasteiger partial charge >= 0.3 is 29.0 Å². The average Bonchev–Trinajstić information content (AvgIpc) is 2.26. The Kier molecular flexibility index (Phi) is 9.57. The lowest BCUT2D eigenvalue weighted by Crippen LogP contribution is -2.99. The molecule has 0 unspecified atom stereocenters. The third-order valence-corrected chi connectivity index (χ3v) is 132. The third-order valence-electron chi connectivity index (χ3n) is 5.55. The van der Waals surface area contributed by atoms with Crippen molar-refractivity contribution in [3.8, 4) is 0 Å². The largest absolute Gasteiger partial charge is 0.550 e. The van der Waals surface area contributed by atoms with Crippen LogP contribution in [0.15, 0.2) is 0 Å². The standard InChI is InChI=1S/C12H36O2Si6.4CH3.2Al/c1-15(2,3)19(13,16(4,5)6)20(14,17(7,8)9)18(10,11)12;;;;;;/h1-12H3;4*1H3;;/q-2;;;;;2*+1. The normalized spacial score (nSPS) is 15.2. The third kappa shape index (κ3) is 5.12. The van der Waals surface area contributed by atoms with Crippen LogP contribution in [0.4, 0.5) is 0 Å². The zero-order valence-electron chi connectivity index (χ0n) is 21.0. The second-order valence-corrected chi connectivity index (χ2v) is 79.2. The molecular weight excluding hydrogens is 447 g/mol. The Hall–Kier alpha value is 2.29. The Balaban J connectivity index is 7.55. The Bertz CT molecular complexity index is 401. The highest BCUT2D eigenvalue weighted by molar-refractivity contribution is 8.06. The lowest BCUT2D eigenvalue weighted by Gasteiger charge is -2.68. The number of hydrogen-bond donors (Lipinski definition) is 0. The number of rotatable bonds is 9. The summed E-state index contributed by atoms with van der Waals surface area (Å²) in [5, 5.41) is 0. The summed E-state index contributed by atoms with van der Waals surface area (Å²) in [5.41, 5.74) is 0. The second kappa shape index (κ2) is 8.80. The van der Waals surface area contributed by atoms with E-state index < -0.39 is 73.1 Å². The fourth-order valence-electron chi connectivity index (χ4n) is 5.94. The van der Waals surface area contributed by atoms with Crippen molar-refractivity contribution in [1.82, 2.24) is 0 Å². The summed E-state index contributed by atoms with van der Waals surface area (Å²) >= 11 is -2.28. The minimum absolute atomic E-state index is 1.14. The van der Waals surface area contributed by atoms with Gasteiger partial charge in [-0.2, -0.15) is 0 Å². The molecule has 0 rings (SSSR count). The smallest absolute Gasteiger partial charge is 0.442 e. The Morgan fingerprint density at radius 2 is 0.538 bits per heavy atom. The van der Waals surface area contributed by atoms with Gasteiger partial charge in [0, 0.05) is 0 Å². The van der Waals surface area contributed by atoms with Crippen molar-refractivity contribution in [3.05, 3.63) is 0 Å². The van der Waals surface area contributed by atoms with Crippen molar-refractivity contribution >= 4 is 73.1 Å². The molecule has 0 aromatic rings. The molecule has 0 N–H and O–H groups in total. The highest BCUT2D eigenvalue weighted by atomic mass is 30.2.